The molecule has 0 bridgehead atoms. The molecular weight excluding hydrogens is 774 g/mol. The van der Waals surface area contributed by atoms with Gasteiger partial charge in [-0.3, -0.25) is 4.79 Å². The number of nitrogens with one attached hydrogen (secondary N) is 1. The third-order valence-corrected chi connectivity index (χ3v) is 12.3. The van der Waals surface area contributed by atoms with E-state index in [1.54, 1.807) is 0 Å². The highest BCUT2D eigenvalue weighted by Crippen LogP contribution is 2.30. The Morgan fingerprint density at radius 1 is 0.533 bits per heavy atom. The van der Waals surface area contributed by atoms with E-state index in [1.807, 2.05) is 0 Å². The third-order valence-electron chi connectivity index (χ3n) is 12.3. The van der Waals surface area contributed by atoms with Crippen molar-refractivity contribution in [3.8, 4) is 0 Å². The van der Waals surface area contributed by atoms with Gasteiger partial charge < -0.3 is 65.1 Å². The van der Waals surface area contributed by atoms with Gasteiger partial charge in [-0.1, -0.05) is 174 Å². The molecule has 2 saturated heterocycles. The Balaban J connectivity index is 1.81. The number of amides is 1. The van der Waals surface area contributed by atoms with E-state index in [1.165, 1.54) is 116 Å². The van der Waals surface area contributed by atoms with E-state index in [4.69, 9.17) is 18.9 Å². The molecule has 2 aliphatic rings. The number of aliphatic hydroxyl groups excluding tert-OH is 8. The van der Waals surface area contributed by atoms with Crippen LogP contribution in [-0.2, 0) is 23.7 Å². The maximum atomic E-state index is 13.1. The first-order valence-electron chi connectivity index (χ1n) is 24.3. The van der Waals surface area contributed by atoms with E-state index in [0.29, 0.717) is 12.8 Å². The van der Waals surface area contributed by atoms with Crippen LogP contribution in [-0.4, -0.2) is 140 Å². The first-order chi connectivity index (χ1) is 29.1. The SMILES string of the molecule is CCCCCCCCCCCCCCCCCCCC(=O)NC(COC1OC(CO)C(OC2OC(CO)C(O)C(O)C2O)C(O)C1O)C(O)CCCCCCCCCCC. The number of hydrogen-bond acceptors (Lipinski definition) is 13. The summed E-state index contributed by atoms with van der Waals surface area (Å²) in [4.78, 5) is 13.1. The highest BCUT2D eigenvalue weighted by molar-refractivity contribution is 5.76. The van der Waals surface area contributed by atoms with E-state index in [-0.39, 0.29) is 12.5 Å². The van der Waals surface area contributed by atoms with Crippen LogP contribution in [0.2, 0.25) is 0 Å². The van der Waals surface area contributed by atoms with Gasteiger partial charge in [-0.2, -0.15) is 0 Å². The number of rotatable bonds is 37. The van der Waals surface area contributed by atoms with Crippen molar-refractivity contribution >= 4 is 5.91 Å². The Labute approximate surface area is 362 Å². The maximum Gasteiger partial charge on any atom is 0.220 e. The Morgan fingerprint density at radius 3 is 1.42 bits per heavy atom. The number of carbonyl (C=O) groups excluding carboxylic acids is 1. The molecule has 1 amide bonds. The summed E-state index contributed by atoms with van der Waals surface area (Å²) in [6.07, 6.45) is 15.5. The Hall–Kier alpha value is -1.01. The van der Waals surface area contributed by atoms with Gasteiger partial charge in [0.2, 0.25) is 5.91 Å². The number of unbranched alkanes of at least 4 members (excludes halogenated alkanes) is 24. The van der Waals surface area contributed by atoms with Crippen LogP contribution < -0.4 is 5.32 Å². The summed E-state index contributed by atoms with van der Waals surface area (Å²) in [6, 6.07) is -0.819. The molecule has 14 nitrogen and oxygen atoms in total. The van der Waals surface area contributed by atoms with E-state index in [9.17, 15) is 45.6 Å². The van der Waals surface area contributed by atoms with Gasteiger partial charge >= 0.3 is 0 Å². The van der Waals surface area contributed by atoms with Gasteiger partial charge in [0.1, 0.15) is 48.8 Å². The second-order valence-corrected chi connectivity index (χ2v) is 17.6. The van der Waals surface area contributed by atoms with Gasteiger partial charge in [0.25, 0.3) is 0 Å². The van der Waals surface area contributed by atoms with Gasteiger partial charge in [0.15, 0.2) is 12.6 Å². The molecule has 0 spiro atoms. The highest BCUT2D eigenvalue weighted by Gasteiger charge is 2.51. The van der Waals surface area contributed by atoms with Crippen LogP contribution in [0.15, 0.2) is 0 Å². The average Bonchev–Trinajstić information content (AvgIpc) is 3.24. The van der Waals surface area contributed by atoms with Crippen LogP contribution in [0.25, 0.3) is 0 Å². The fourth-order valence-corrected chi connectivity index (χ4v) is 8.30. The number of ether oxygens (including phenoxy) is 4. The first kappa shape index (κ1) is 55.1. The lowest BCUT2D eigenvalue weighted by atomic mass is 9.97. The minimum Gasteiger partial charge on any atom is -0.394 e. The van der Waals surface area contributed by atoms with Gasteiger partial charge in [-0.25, -0.2) is 0 Å². The Bertz CT molecular complexity index is 1020. The summed E-state index contributed by atoms with van der Waals surface area (Å²) in [6.45, 7) is 2.82. The molecule has 12 unspecified atom stereocenters. The lowest BCUT2D eigenvalue weighted by molar-refractivity contribution is -0.359. The van der Waals surface area contributed by atoms with Crippen LogP contribution in [0.1, 0.15) is 194 Å². The van der Waals surface area contributed by atoms with Crippen molar-refractivity contribution < 1.29 is 64.6 Å². The van der Waals surface area contributed by atoms with Gasteiger partial charge in [0, 0.05) is 6.42 Å². The molecule has 12 atom stereocenters. The topological polar surface area (TPSA) is 228 Å². The van der Waals surface area contributed by atoms with Gasteiger partial charge in [0.05, 0.1) is 32.0 Å². The molecule has 14 heteroatoms. The summed E-state index contributed by atoms with van der Waals surface area (Å²) < 4.78 is 22.7. The number of aliphatic hydroxyl groups is 8. The molecule has 0 aromatic heterocycles. The molecule has 0 radical (unpaired) electrons. The van der Waals surface area contributed by atoms with Crippen LogP contribution in [0.4, 0.5) is 0 Å². The minimum atomic E-state index is -1.78. The van der Waals surface area contributed by atoms with Crippen molar-refractivity contribution in [1.29, 1.82) is 0 Å². The summed E-state index contributed by atoms with van der Waals surface area (Å²) in [5.74, 6) is -0.206. The first-order valence-corrected chi connectivity index (χ1v) is 24.3. The van der Waals surface area contributed by atoms with Gasteiger partial charge in [-0.15, -0.1) is 0 Å². The molecule has 9 N–H and O–H groups in total. The smallest absolute Gasteiger partial charge is 0.220 e. The van der Waals surface area contributed by atoms with Crippen LogP contribution >= 0.6 is 0 Å². The predicted octanol–water partition coefficient (Wildman–Crippen LogP) is 5.44. The predicted molar refractivity (Wildman–Crippen MR) is 231 cm³/mol. The van der Waals surface area contributed by atoms with Crippen LogP contribution in [0.5, 0.6) is 0 Å². The van der Waals surface area contributed by atoms with E-state index < -0.39 is 86.8 Å². The van der Waals surface area contributed by atoms with Crippen molar-refractivity contribution in [2.75, 3.05) is 19.8 Å². The standard InChI is InChI=1S/C46H89NO13/c1-3-5-7-9-11-13-14-15-16-17-18-19-20-22-24-26-28-30-38(51)47-34(35(50)29-27-25-23-21-12-10-8-6-4-2)33-57-45-43(56)41(54)44(37(32-49)59-45)60-46-42(55)40(53)39(52)36(31-48)58-46/h34-37,39-46,48-50,52-56H,3-33H2,1-2H3,(H,47,51). The molecular formula is C46H89NO13. The molecule has 2 rings (SSSR count). The normalized spacial score (nSPS) is 28.2. The third kappa shape index (κ3) is 22.1. The molecule has 0 aromatic rings. The molecule has 356 valence electrons. The zero-order valence-corrected chi connectivity index (χ0v) is 37.5. The van der Waals surface area contributed by atoms with E-state index in [0.717, 1.165) is 51.4 Å². The second kappa shape index (κ2) is 34.4. The summed E-state index contributed by atoms with van der Waals surface area (Å²) in [5.41, 5.74) is 0. The summed E-state index contributed by atoms with van der Waals surface area (Å²) >= 11 is 0. The second-order valence-electron chi connectivity index (χ2n) is 17.6. The Kier molecular flexibility index (Phi) is 31.6. The quantitative estimate of drug-likeness (QED) is 0.0356. The van der Waals surface area contributed by atoms with E-state index in [2.05, 4.69) is 19.2 Å². The fraction of sp³-hybridized carbons (Fsp3) is 0.978. The summed E-state index contributed by atoms with van der Waals surface area (Å²) in [7, 11) is 0. The van der Waals surface area contributed by atoms with Crippen LogP contribution in [0.3, 0.4) is 0 Å². The zero-order chi connectivity index (χ0) is 44.0. The van der Waals surface area contributed by atoms with Crippen molar-refractivity contribution in [3.63, 3.8) is 0 Å². The van der Waals surface area contributed by atoms with Crippen molar-refractivity contribution in [3.05, 3.63) is 0 Å². The molecule has 2 heterocycles. The highest BCUT2D eigenvalue weighted by atomic mass is 16.7. The van der Waals surface area contributed by atoms with Crippen molar-refractivity contribution in [2.45, 2.75) is 267 Å². The molecule has 60 heavy (non-hydrogen) atoms. The molecule has 0 aliphatic carbocycles. The number of carbonyl (C=O) groups is 1. The van der Waals surface area contributed by atoms with Crippen LogP contribution in [0, 0.1) is 0 Å². The minimum absolute atomic E-state index is 0.206. The molecule has 0 saturated carbocycles. The molecule has 0 aromatic carbocycles. The van der Waals surface area contributed by atoms with Gasteiger partial charge in [-0.05, 0) is 12.8 Å². The lowest BCUT2D eigenvalue weighted by Crippen LogP contribution is -2.65. The summed E-state index contributed by atoms with van der Waals surface area (Å²) in [5, 5.41) is 86.6. The lowest BCUT2D eigenvalue weighted by Gasteiger charge is -2.46. The molecule has 2 aliphatic heterocycles. The zero-order valence-electron chi connectivity index (χ0n) is 37.5. The van der Waals surface area contributed by atoms with E-state index >= 15 is 0 Å². The van der Waals surface area contributed by atoms with Crippen molar-refractivity contribution in [1.82, 2.24) is 5.32 Å². The largest absolute Gasteiger partial charge is 0.394 e. The molecule has 2 fully saturated rings. The maximum absolute atomic E-state index is 13.1. The van der Waals surface area contributed by atoms with Crippen molar-refractivity contribution in [2.24, 2.45) is 0 Å². The monoisotopic (exact) mass is 864 g/mol. The Morgan fingerprint density at radius 2 is 0.950 bits per heavy atom. The number of hydrogen-bond donors (Lipinski definition) is 9. The average molecular weight is 864 g/mol. The fourth-order valence-electron chi connectivity index (χ4n) is 8.30.